The molecule has 6 heteroatoms. The fraction of sp³-hybridized carbons (Fsp3) is 0.273. The van der Waals surface area contributed by atoms with Crippen molar-refractivity contribution in [1.29, 1.82) is 0 Å². The molecule has 6 nitrogen and oxygen atoms in total. The molecule has 0 bridgehead atoms. The van der Waals surface area contributed by atoms with Crippen LogP contribution in [0.15, 0.2) is 42.5 Å². The van der Waals surface area contributed by atoms with E-state index in [1.165, 1.54) is 0 Å². The molecule has 0 fully saturated rings. The van der Waals surface area contributed by atoms with Gasteiger partial charge in [-0.05, 0) is 42.8 Å². The first-order valence-corrected chi connectivity index (χ1v) is 9.36. The van der Waals surface area contributed by atoms with E-state index in [9.17, 15) is 9.90 Å². The topological polar surface area (TPSA) is 77.9 Å². The summed E-state index contributed by atoms with van der Waals surface area (Å²) in [6.45, 7) is 3.81. The van der Waals surface area contributed by atoms with Gasteiger partial charge < -0.3 is 19.3 Å². The molecule has 0 aliphatic carbocycles. The molecule has 28 heavy (non-hydrogen) atoms. The molecular formula is C22H21NO5. The Morgan fingerprint density at radius 3 is 2.50 bits per heavy atom. The fourth-order valence-corrected chi connectivity index (χ4v) is 3.15. The first-order chi connectivity index (χ1) is 13.7. The lowest BCUT2D eigenvalue weighted by atomic mass is 10.0. The summed E-state index contributed by atoms with van der Waals surface area (Å²) in [5, 5.41) is 10.3. The third-order valence-corrected chi connectivity index (χ3v) is 4.53. The zero-order chi connectivity index (χ0) is 19.5. The van der Waals surface area contributed by atoms with Gasteiger partial charge in [-0.1, -0.05) is 6.92 Å². The number of carbonyl (C=O) groups is 1. The van der Waals surface area contributed by atoms with Gasteiger partial charge in [-0.3, -0.25) is 0 Å². The summed E-state index contributed by atoms with van der Waals surface area (Å²) < 4.78 is 17.0. The number of pyridine rings is 1. The number of nitrogens with zero attached hydrogens (tertiary/aromatic N) is 1. The third-order valence-electron chi connectivity index (χ3n) is 4.53. The standard InChI is InChI=1S/C22H21NO5/c1-2-8-26-15-6-4-14(5-7-15)18-11-17(22(24)25)16-12-20-21(13-19(16)23-18)28-10-3-9-27-20/h4-7,11-13H,2-3,8-10H2,1H3,(H,24,25). The molecule has 0 amide bonds. The summed E-state index contributed by atoms with van der Waals surface area (Å²) in [7, 11) is 0. The average Bonchev–Trinajstić information content (AvgIpc) is 2.95. The van der Waals surface area contributed by atoms with E-state index in [1.807, 2.05) is 24.3 Å². The van der Waals surface area contributed by atoms with Crippen molar-refractivity contribution in [3.8, 4) is 28.5 Å². The Bertz CT molecular complexity index is 1010. The van der Waals surface area contributed by atoms with Crippen molar-refractivity contribution in [2.24, 2.45) is 0 Å². The summed E-state index contributed by atoms with van der Waals surface area (Å²) in [5.74, 6) is 0.917. The lowest BCUT2D eigenvalue weighted by Gasteiger charge is -2.12. The Hall–Kier alpha value is -3.28. The summed E-state index contributed by atoms with van der Waals surface area (Å²) in [4.78, 5) is 16.6. The molecule has 0 atom stereocenters. The highest BCUT2D eigenvalue weighted by atomic mass is 16.5. The maximum Gasteiger partial charge on any atom is 0.336 e. The van der Waals surface area contributed by atoms with Gasteiger partial charge in [0, 0.05) is 23.4 Å². The van der Waals surface area contributed by atoms with Crippen molar-refractivity contribution in [1.82, 2.24) is 4.98 Å². The Morgan fingerprint density at radius 1 is 1.11 bits per heavy atom. The van der Waals surface area contributed by atoms with Gasteiger partial charge in [-0.15, -0.1) is 0 Å². The second-order valence-electron chi connectivity index (χ2n) is 6.60. The summed E-state index contributed by atoms with van der Waals surface area (Å²) >= 11 is 0. The normalized spacial score (nSPS) is 13.2. The molecule has 144 valence electrons. The molecule has 0 unspecified atom stereocenters. The lowest BCUT2D eigenvalue weighted by Crippen LogP contribution is -2.01. The number of hydrogen-bond acceptors (Lipinski definition) is 5. The van der Waals surface area contributed by atoms with Gasteiger partial charge in [0.2, 0.25) is 0 Å². The van der Waals surface area contributed by atoms with Crippen molar-refractivity contribution in [3.63, 3.8) is 0 Å². The van der Waals surface area contributed by atoms with Gasteiger partial charge in [-0.2, -0.15) is 0 Å². The largest absolute Gasteiger partial charge is 0.494 e. The predicted molar refractivity (Wildman–Crippen MR) is 106 cm³/mol. The minimum atomic E-state index is -1.01. The number of aromatic nitrogens is 1. The lowest BCUT2D eigenvalue weighted by molar-refractivity contribution is 0.0699. The van der Waals surface area contributed by atoms with Gasteiger partial charge in [-0.25, -0.2) is 9.78 Å². The first kappa shape index (κ1) is 18.1. The minimum absolute atomic E-state index is 0.182. The number of carboxylic acid groups (broad SMARTS) is 1. The molecule has 0 saturated carbocycles. The SMILES string of the molecule is CCCOc1ccc(-c2cc(C(=O)O)c3cc4c(cc3n2)OCCCO4)cc1. The smallest absolute Gasteiger partial charge is 0.336 e. The minimum Gasteiger partial charge on any atom is -0.494 e. The molecule has 0 spiro atoms. The van der Waals surface area contributed by atoms with Gasteiger partial charge in [0.25, 0.3) is 0 Å². The zero-order valence-corrected chi connectivity index (χ0v) is 15.6. The first-order valence-electron chi connectivity index (χ1n) is 9.36. The van der Waals surface area contributed by atoms with E-state index in [2.05, 4.69) is 11.9 Å². The molecule has 2 aromatic carbocycles. The quantitative estimate of drug-likeness (QED) is 0.701. The molecule has 0 saturated heterocycles. The number of carboxylic acids is 1. The van der Waals surface area contributed by atoms with Crippen LogP contribution >= 0.6 is 0 Å². The van der Waals surface area contributed by atoms with Crippen LogP contribution in [-0.2, 0) is 0 Å². The van der Waals surface area contributed by atoms with Gasteiger partial charge in [0.15, 0.2) is 11.5 Å². The summed E-state index contributed by atoms with van der Waals surface area (Å²) in [5.41, 5.74) is 2.15. The predicted octanol–water partition coefficient (Wildman–Crippen LogP) is 4.55. The van der Waals surface area contributed by atoms with E-state index in [0.29, 0.717) is 47.9 Å². The van der Waals surface area contributed by atoms with Crippen LogP contribution < -0.4 is 14.2 Å². The highest BCUT2D eigenvalue weighted by molar-refractivity contribution is 6.04. The van der Waals surface area contributed by atoms with Crippen LogP contribution in [0.25, 0.3) is 22.2 Å². The van der Waals surface area contributed by atoms with Crippen LogP contribution in [0, 0.1) is 0 Å². The maximum absolute atomic E-state index is 11.9. The van der Waals surface area contributed by atoms with Crippen LogP contribution in [0.3, 0.4) is 0 Å². The summed E-state index contributed by atoms with van der Waals surface area (Å²) in [6.07, 6.45) is 1.72. The van der Waals surface area contributed by atoms with E-state index in [4.69, 9.17) is 14.2 Å². The highest BCUT2D eigenvalue weighted by Crippen LogP contribution is 2.36. The van der Waals surface area contributed by atoms with Gasteiger partial charge in [0.05, 0.1) is 36.6 Å². The molecule has 1 aliphatic rings. The Balaban J connectivity index is 1.80. The van der Waals surface area contributed by atoms with E-state index >= 15 is 0 Å². The van der Waals surface area contributed by atoms with Crippen molar-refractivity contribution in [2.45, 2.75) is 19.8 Å². The zero-order valence-electron chi connectivity index (χ0n) is 15.6. The average molecular weight is 379 g/mol. The number of benzene rings is 2. The van der Waals surface area contributed by atoms with Crippen molar-refractivity contribution >= 4 is 16.9 Å². The number of aromatic carboxylic acids is 1. The van der Waals surface area contributed by atoms with E-state index in [-0.39, 0.29) is 5.56 Å². The van der Waals surface area contributed by atoms with Crippen LogP contribution in [0.4, 0.5) is 0 Å². The van der Waals surface area contributed by atoms with Crippen LogP contribution in [-0.4, -0.2) is 35.9 Å². The Labute approximate surface area is 162 Å². The Kier molecular flexibility index (Phi) is 5.02. The van der Waals surface area contributed by atoms with Crippen molar-refractivity contribution in [2.75, 3.05) is 19.8 Å². The number of hydrogen-bond donors (Lipinski definition) is 1. The number of rotatable bonds is 5. The molecule has 1 aliphatic heterocycles. The van der Waals surface area contributed by atoms with E-state index in [0.717, 1.165) is 24.2 Å². The number of fused-ring (bicyclic) bond motifs is 2. The highest BCUT2D eigenvalue weighted by Gasteiger charge is 2.18. The molecule has 1 N–H and O–H groups in total. The maximum atomic E-state index is 11.9. The van der Waals surface area contributed by atoms with E-state index in [1.54, 1.807) is 18.2 Å². The van der Waals surface area contributed by atoms with Crippen molar-refractivity contribution < 1.29 is 24.1 Å². The second kappa shape index (κ2) is 7.76. The Morgan fingerprint density at radius 2 is 1.82 bits per heavy atom. The molecule has 0 radical (unpaired) electrons. The molecule has 1 aromatic heterocycles. The van der Waals surface area contributed by atoms with Crippen LogP contribution in [0.5, 0.6) is 17.2 Å². The third kappa shape index (κ3) is 3.58. The van der Waals surface area contributed by atoms with Crippen LogP contribution in [0.2, 0.25) is 0 Å². The van der Waals surface area contributed by atoms with Crippen molar-refractivity contribution in [3.05, 3.63) is 48.0 Å². The second-order valence-corrected chi connectivity index (χ2v) is 6.60. The van der Waals surface area contributed by atoms with E-state index < -0.39 is 5.97 Å². The van der Waals surface area contributed by atoms with Crippen LogP contribution in [0.1, 0.15) is 30.1 Å². The summed E-state index contributed by atoms with van der Waals surface area (Å²) in [6, 6.07) is 12.6. The molecular weight excluding hydrogens is 358 g/mol. The molecule has 3 aromatic rings. The number of ether oxygens (including phenoxy) is 3. The molecule has 2 heterocycles. The fourth-order valence-electron chi connectivity index (χ4n) is 3.15. The monoisotopic (exact) mass is 379 g/mol. The van der Waals surface area contributed by atoms with Gasteiger partial charge >= 0.3 is 5.97 Å². The molecule has 4 rings (SSSR count). The van der Waals surface area contributed by atoms with Gasteiger partial charge in [0.1, 0.15) is 5.75 Å².